The van der Waals surface area contributed by atoms with Crippen LogP contribution in [-0.2, 0) is 4.79 Å². The van der Waals surface area contributed by atoms with E-state index in [1.54, 1.807) is 0 Å². The summed E-state index contributed by atoms with van der Waals surface area (Å²) < 4.78 is 2.70. The third-order valence-electron chi connectivity index (χ3n) is 0.542. The molecule has 0 bridgehead atoms. The minimum Gasteiger partial charge on any atom is -0.480 e. The van der Waals surface area contributed by atoms with E-state index in [0.29, 0.717) is 5.25 Å². The highest BCUT2D eigenvalue weighted by molar-refractivity contribution is 7.98. The second kappa shape index (κ2) is 4.64. The molecule has 0 aromatic rings. The van der Waals surface area contributed by atoms with Crippen molar-refractivity contribution in [1.29, 1.82) is 0 Å². The predicted octanol–water partition coefficient (Wildman–Crippen LogP) is 0.717. The van der Waals surface area contributed by atoms with Gasteiger partial charge in [-0.25, -0.2) is 0 Å². The molecule has 0 spiro atoms. The van der Waals surface area contributed by atoms with Crippen molar-refractivity contribution in [2.45, 2.75) is 19.1 Å². The molecule has 0 fully saturated rings. The van der Waals surface area contributed by atoms with Gasteiger partial charge >= 0.3 is 5.97 Å². The third-order valence-corrected chi connectivity index (χ3v) is 1.32. The molecule has 0 amide bonds. The van der Waals surface area contributed by atoms with Crippen LogP contribution in [0.1, 0.15) is 13.8 Å². The zero-order valence-corrected chi connectivity index (χ0v) is 6.36. The molecule has 4 heteroatoms. The van der Waals surface area contributed by atoms with E-state index in [9.17, 15) is 4.79 Å². The fourth-order valence-electron chi connectivity index (χ4n) is 0.270. The maximum absolute atomic E-state index is 9.90. The maximum Gasteiger partial charge on any atom is 0.318 e. The summed E-state index contributed by atoms with van der Waals surface area (Å²) >= 11 is 1.43. The molecular weight excluding hydrogens is 138 g/mol. The lowest BCUT2D eigenvalue weighted by Crippen LogP contribution is -2.17. The van der Waals surface area contributed by atoms with Gasteiger partial charge in [-0.15, -0.1) is 0 Å². The topological polar surface area (TPSA) is 49.3 Å². The molecule has 9 heavy (non-hydrogen) atoms. The first-order chi connectivity index (χ1) is 4.13. The van der Waals surface area contributed by atoms with Crippen LogP contribution in [0.4, 0.5) is 0 Å². The Hall–Kier alpha value is -0.220. The van der Waals surface area contributed by atoms with E-state index in [1.807, 2.05) is 13.8 Å². The largest absolute Gasteiger partial charge is 0.480 e. The molecule has 0 aliphatic heterocycles. The van der Waals surface area contributed by atoms with Crippen LogP contribution in [0.15, 0.2) is 0 Å². The zero-order valence-electron chi connectivity index (χ0n) is 5.55. The highest BCUT2D eigenvalue weighted by Crippen LogP contribution is 2.01. The Morgan fingerprint density at radius 3 is 2.67 bits per heavy atom. The molecule has 0 saturated heterocycles. The summed E-state index contributed by atoms with van der Waals surface area (Å²) in [6.45, 7) is 4.03. The molecule has 0 aromatic heterocycles. The lowest BCUT2D eigenvalue weighted by molar-refractivity contribution is -0.135. The second-order valence-electron chi connectivity index (χ2n) is 1.88. The maximum atomic E-state index is 9.90. The van der Waals surface area contributed by atoms with Crippen LogP contribution in [0, 0.1) is 0 Å². The van der Waals surface area contributed by atoms with Gasteiger partial charge in [0.05, 0.1) is 0 Å². The number of hydrogen-bond acceptors (Lipinski definition) is 3. The Bertz CT molecular complexity index is 95.0. The summed E-state index contributed by atoms with van der Waals surface area (Å²) in [7, 11) is 0. The van der Waals surface area contributed by atoms with Gasteiger partial charge in [0.25, 0.3) is 0 Å². The van der Waals surface area contributed by atoms with E-state index < -0.39 is 5.97 Å². The Morgan fingerprint density at radius 1 is 1.78 bits per heavy atom. The molecule has 0 heterocycles. The predicted molar refractivity (Wildman–Crippen MR) is 38.4 cm³/mol. The van der Waals surface area contributed by atoms with E-state index in [2.05, 4.69) is 4.72 Å². The van der Waals surface area contributed by atoms with Crippen molar-refractivity contribution in [2.24, 2.45) is 0 Å². The minimum atomic E-state index is -0.817. The summed E-state index contributed by atoms with van der Waals surface area (Å²) in [5.41, 5.74) is 0. The number of nitrogens with one attached hydrogen (secondary N) is 1. The Balaban J connectivity index is 3.01. The van der Waals surface area contributed by atoms with Crippen molar-refractivity contribution in [3.8, 4) is 0 Å². The molecule has 0 saturated carbocycles. The Kier molecular flexibility index (Phi) is 4.53. The van der Waals surface area contributed by atoms with Crippen molar-refractivity contribution < 1.29 is 9.90 Å². The molecule has 54 valence electrons. The fraction of sp³-hybridized carbons (Fsp3) is 0.800. The van der Waals surface area contributed by atoms with Crippen molar-refractivity contribution in [2.75, 3.05) is 6.54 Å². The third kappa shape index (κ3) is 7.78. The lowest BCUT2D eigenvalue weighted by Gasteiger charge is -2.02. The highest BCUT2D eigenvalue weighted by atomic mass is 32.2. The van der Waals surface area contributed by atoms with Gasteiger partial charge in [-0.05, 0) is 0 Å². The molecule has 0 aliphatic carbocycles. The van der Waals surface area contributed by atoms with Crippen LogP contribution in [0.2, 0.25) is 0 Å². The van der Waals surface area contributed by atoms with E-state index in [1.165, 1.54) is 11.9 Å². The first kappa shape index (κ1) is 8.78. The van der Waals surface area contributed by atoms with Crippen molar-refractivity contribution in [3.63, 3.8) is 0 Å². The van der Waals surface area contributed by atoms with Gasteiger partial charge in [0.1, 0.15) is 6.54 Å². The number of hydrogen-bond donors (Lipinski definition) is 2. The van der Waals surface area contributed by atoms with Crippen LogP contribution in [-0.4, -0.2) is 22.9 Å². The number of carboxylic acid groups (broad SMARTS) is 1. The zero-order chi connectivity index (χ0) is 7.28. The standard InChI is InChI=1S/C5H11NO2S/c1-4(2)9-6-3-5(7)8/h4,6H,3H2,1-2H3,(H,7,8). The smallest absolute Gasteiger partial charge is 0.318 e. The quantitative estimate of drug-likeness (QED) is 0.578. The first-order valence-electron chi connectivity index (χ1n) is 2.73. The van der Waals surface area contributed by atoms with Crippen LogP contribution < -0.4 is 4.72 Å². The average molecular weight is 149 g/mol. The fourth-order valence-corrected chi connectivity index (χ4v) is 0.810. The Morgan fingerprint density at radius 2 is 2.33 bits per heavy atom. The highest BCUT2D eigenvalue weighted by Gasteiger charge is 1.96. The molecule has 0 unspecified atom stereocenters. The molecule has 0 radical (unpaired) electrons. The molecule has 0 aliphatic rings. The van der Waals surface area contributed by atoms with Crippen LogP contribution >= 0.6 is 11.9 Å². The summed E-state index contributed by atoms with van der Waals surface area (Å²) in [5.74, 6) is -0.817. The number of carbonyl (C=O) groups is 1. The normalized spacial score (nSPS) is 10.1. The van der Waals surface area contributed by atoms with Crippen LogP contribution in [0.3, 0.4) is 0 Å². The van der Waals surface area contributed by atoms with E-state index in [4.69, 9.17) is 5.11 Å². The van der Waals surface area contributed by atoms with Gasteiger partial charge < -0.3 is 5.11 Å². The number of aliphatic carboxylic acids is 1. The van der Waals surface area contributed by atoms with Gasteiger partial charge in [-0.1, -0.05) is 25.8 Å². The molecule has 0 rings (SSSR count). The molecule has 0 aromatic carbocycles. The van der Waals surface area contributed by atoms with Gasteiger partial charge in [0.15, 0.2) is 0 Å². The van der Waals surface area contributed by atoms with Crippen molar-refractivity contribution in [3.05, 3.63) is 0 Å². The summed E-state index contributed by atoms with van der Waals surface area (Å²) in [5, 5.41) is 8.59. The van der Waals surface area contributed by atoms with E-state index in [-0.39, 0.29) is 6.54 Å². The van der Waals surface area contributed by atoms with Crippen LogP contribution in [0.5, 0.6) is 0 Å². The summed E-state index contributed by atoms with van der Waals surface area (Å²) in [6.07, 6.45) is 0. The lowest BCUT2D eigenvalue weighted by atomic mass is 10.6. The van der Waals surface area contributed by atoms with Gasteiger partial charge in [-0.2, -0.15) is 0 Å². The average Bonchev–Trinajstić information content (AvgIpc) is 1.63. The van der Waals surface area contributed by atoms with Gasteiger partial charge in [-0.3, -0.25) is 9.52 Å². The summed E-state index contributed by atoms with van der Waals surface area (Å²) in [4.78, 5) is 9.90. The minimum absolute atomic E-state index is 0.0306. The Labute approximate surface area is 59.0 Å². The van der Waals surface area contributed by atoms with Gasteiger partial charge in [0.2, 0.25) is 0 Å². The SMILES string of the molecule is CC(C)SNCC(=O)O. The van der Waals surface area contributed by atoms with Crippen molar-refractivity contribution >= 4 is 17.9 Å². The molecule has 3 nitrogen and oxygen atoms in total. The number of carboxylic acids is 1. The van der Waals surface area contributed by atoms with Crippen LogP contribution in [0.25, 0.3) is 0 Å². The van der Waals surface area contributed by atoms with E-state index in [0.717, 1.165) is 0 Å². The monoisotopic (exact) mass is 149 g/mol. The van der Waals surface area contributed by atoms with Gasteiger partial charge in [0, 0.05) is 5.25 Å². The summed E-state index contributed by atoms with van der Waals surface area (Å²) in [6, 6.07) is 0. The van der Waals surface area contributed by atoms with Crippen molar-refractivity contribution in [1.82, 2.24) is 4.72 Å². The van der Waals surface area contributed by atoms with E-state index >= 15 is 0 Å². The number of rotatable bonds is 4. The molecule has 2 N–H and O–H groups in total. The molecule has 0 atom stereocenters. The first-order valence-corrected chi connectivity index (χ1v) is 3.61. The molecular formula is C5H11NO2S. The second-order valence-corrected chi connectivity index (χ2v) is 3.35.